The number of hydrogen-bond acceptors (Lipinski definition) is 4. The standard InChI is InChI=1S/C13H25N3O2/c1-2-3-9-18-10-6-15-13(17)11-16-7-4-12(14)5-8-16/h2,12H,1,3-11,14H2,(H,15,17). The van der Waals surface area contributed by atoms with Crippen LogP contribution in [0.25, 0.3) is 0 Å². The summed E-state index contributed by atoms with van der Waals surface area (Å²) in [5.41, 5.74) is 5.82. The molecule has 18 heavy (non-hydrogen) atoms. The van der Waals surface area contributed by atoms with E-state index in [1.54, 1.807) is 0 Å². The van der Waals surface area contributed by atoms with Crippen LogP contribution in [-0.2, 0) is 9.53 Å². The summed E-state index contributed by atoms with van der Waals surface area (Å²) in [5.74, 6) is 0.0674. The first-order chi connectivity index (χ1) is 8.72. The maximum Gasteiger partial charge on any atom is 0.234 e. The van der Waals surface area contributed by atoms with E-state index in [1.807, 2.05) is 6.08 Å². The van der Waals surface area contributed by atoms with Crippen LogP contribution in [0, 0.1) is 0 Å². The molecule has 104 valence electrons. The Bertz CT molecular complexity index is 251. The van der Waals surface area contributed by atoms with Crippen LogP contribution in [-0.4, -0.2) is 56.2 Å². The molecule has 1 aliphatic rings. The lowest BCUT2D eigenvalue weighted by molar-refractivity contribution is -0.122. The van der Waals surface area contributed by atoms with Crippen molar-refractivity contribution >= 4 is 5.91 Å². The van der Waals surface area contributed by atoms with E-state index in [-0.39, 0.29) is 5.91 Å². The molecule has 0 spiro atoms. The molecule has 0 aromatic rings. The van der Waals surface area contributed by atoms with Crippen LogP contribution in [0.15, 0.2) is 12.7 Å². The summed E-state index contributed by atoms with van der Waals surface area (Å²) in [4.78, 5) is 13.8. The van der Waals surface area contributed by atoms with E-state index in [4.69, 9.17) is 10.5 Å². The summed E-state index contributed by atoms with van der Waals surface area (Å²) in [6.07, 6.45) is 4.64. The van der Waals surface area contributed by atoms with Gasteiger partial charge in [0.15, 0.2) is 0 Å². The Morgan fingerprint density at radius 1 is 1.44 bits per heavy atom. The van der Waals surface area contributed by atoms with Gasteiger partial charge in [0.05, 0.1) is 19.8 Å². The average molecular weight is 255 g/mol. The van der Waals surface area contributed by atoms with Crippen LogP contribution in [0.2, 0.25) is 0 Å². The summed E-state index contributed by atoms with van der Waals surface area (Å²) >= 11 is 0. The van der Waals surface area contributed by atoms with Crippen LogP contribution < -0.4 is 11.1 Å². The number of piperidine rings is 1. The second kappa shape index (κ2) is 9.08. The molecule has 1 rings (SSSR count). The molecule has 0 bridgehead atoms. The Hall–Kier alpha value is -0.910. The number of carbonyl (C=O) groups is 1. The van der Waals surface area contributed by atoms with Crippen molar-refractivity contribution < 1.29 is 9.53 Å². The van der Waals surface area contributed by atoms with Crippen LogP contribution in [0.3, 0.4) is 0 Å². The van der Waals surface area contributed by atoms with Gasteiger partial charge in [0.2, 0.25) is 5.91 Å². The SMILES string of the molecule is C=CCCOCCNC(=O)CN1CCC(N)CC1. The third-order valence-electron chi connectivity index (χ3n) is 3.03. The first-order valence-electron chi connectivity index (χ1n) is 6.65. The van der Waals surface area contributed by atoms with Gasteiger partial charge in [-0.05, 0) is 19.3 Å². The molecule has 1 aliphatic heterocycles. The molecular weight excluding hydrogens is 230 g/mol. The highest BCUT2D eigenvalue weighted by Crippen LogP contribution is 2.06. The second-order valence-corrected chi connectivity index (χ2v) is 4.65. The molecule has 3 N–H and O–H groups in total. The maximum atomic E-state index is 11.6. The van der Waals surface area contributed by atoms with E-state index in [0.29, 0.717) is 32.3 Å². The van der Waals surface area contributed by atoms with Gasteiger partial charge in [-0.15, -0.1) is 6.58 Å². The van der Waals surface area contributed by atoms with E-state index in [2.05, 4.69) is 16.8 Å². The lowest BCUT2D eigenvalue weighted by atomic mass is 10.1. The van der Waals surface area contributed by atoms with Crippen molar-refractivity contribution in [3.63, 3.8) is 0 Å². The Balaban J connectivity index is 1.98. The number of hydrogen-bond donors (Lipinski definition) is 2. The number of nitrogens with two attached hydrogens (primary N) is 1. The normalized spacial score (nSPS) is 17.6. The fraction of sp³-hybridized carbons (Fsp3) is 0.769. The van der Waals surface area contributed by atoms with Crippen molar-refractivity contribution in [1.29, 1.82) is 0 Å². The Morgan fingerprint density at radius 3 is 2.83 bits per heavy atom. The van der Waals surface area contributed by atoms with Gasteiger partial charge in [-0.1, -0.05) is 6.08 Å². The van der Waals surface area contributed by atoms with Crippen molar-refractivity contribution in [1.82, 2.24) is 10.2 Å². The van der Waals surface area contributed by atoms with E-state index in [0.717, 1.165) is 32.4 Å². The predicted molar refractivity (Wildman–Crippen MR) is 72.3 cm³/mol. The van der Waals surface area contributed by atoms with E-state index in [9.17, 15) is 4.79 Å². The molecule has 0 atom stereocenters. The lowest BCUT2D eigenvalue weighted by Gasteiger charge is -2.29. The van der Waals surface area contributed by atoms with E-state index < -0.39 is 0 Å². The van der Waals surface area contributed by atoms with E-state index in [1.165, 1.54) is 0 Å². The smallest absolute Gasteiger partial charge is 0.234 e. The van der Waals surface area contributed by atoms with Gasteiger partial charge < -0.3 is 15.8 Å². The lowest BCUT2D eigenvalue weighted by Crippen LogP contribution is -2.45. The molecule has 0 unspecified atom stereocenters. The Labute approximate surface area is 109 Å². The minimum atomic E-state index is 0.0674. The molecule has 1 heterocycles. The first kappa shape index (κ1) is 15.1. The van der Waals surface area contributed by atoms with Crippen molar-refractivity contribution in [3.05, 3.63) is 12.7 Å². The summed E-state index contributed by atoms with van der Waals surface area (Å²) in [6, 6.07) is 0.308. The highest BCUT2D eigenvalue weighted by Gasteiger charge is 2.17. The summed E-state index contributed by atoms with van der Waals surface area (Å²) in [6.45, 7) is 7.73. The van der Waals surface area contributed by atoms with Crippen LogP contribution >= 0.6 is 0 Å². The number of nitrogens with one attached hydrogen (secondary N) is 1. The number of carbonyl (C=O) groups excluding carboxylic acids is 1. The zero-order chi connectivity index (χ0) is 13.2. The minimum absolute atomic E-state index is 0.0674. The fourth-order valence-corrected chi connectivity index (χ4v) is 1.90. The van der Waals surface area contributed by atoms with Crippen molar-refractivity contribution in [2.45, 2.75) is 25.3 Å². The number of nitrogens with zero attached hydrogens (tertiary/aromatic N) is 1. The summed E-state index contributed by atoms with van der Waals surface area (Å²) in [5, 5.41) is 2.86. The number of likely N-dealkylation sites (tertiary alicyclic amines) is 1. The van der Waals surface area contributed by atoms with E-state index >= 15 is 0 Å². The molecule has 0 aliphatic carbocycles. The van der Waals surface area contributed by atoms with Crippen LogP contribution in [0.1, 0.15) is 19.3 Å². The van der Waals surface area contributed by atoms with Gasteiger partial charge in [-0.2, -0.15) is 0 Å². The summed E-state index contributed by atoms with van der Waals surface area (Å²) in [7, 11) is 0. The molecule has 5 heteroatoms. The first-order valence-corrected chi connectivity index (χ1v) is 6.65. The quantitative estimate of drug-likeness (QED) is 0.477. The third kappa shape index (κ3) is 6.74. The molecule has 0 radical (unpaired) electrons. The molecule has 1 fully saturated rings. The van der Waals surface area contributed by atoms with Crippen molar-refractivity contribution in [3.8, 4) is 0 Å². The summed E-state index contributed by atoms with van der Waals surface area (Å²) < 4.78 is 5.31. The molecule has 1 amide bonds. The zero-order valence-corrected chi connectivity index (χ0v) is 11.1. The molecule has 0 aromatic heterocycles. The topological polar surface area (TPSA) is 67.6 Å². The zero-order valence-electron chi connectivity index (χ0n) is 11.1. The number of amides is 1. The predicted octanol–water partition coefficient (Wildman–Crippen LogP) is 0.118. The Morgan fingerprint density at radius 2 is 2.17 bits per heavy atom. The van der Waals surface area contributed by atoms with Crippen LogP contribution in [0.5, 0.6) is 0 Å². The van der Waals surface area contributed by atoms with Gasteiger partial charge in [0.25, 0.3) is 0 Å². The monoisotopic (exact) mass is 255 g/mol. The molecule has 1 saturated heterocycles. The minimum Gasteiger partial charge on any atom is -0.379 e. The largest absolute Gasteiger partial charge is 0.379 e. The van der Waals surface area contributed by atoms with Gasteiger partial charge in [-0.3, -0.25) is 9.69 Å². The van der Waals surface area contributed by atoms with Gasteiger partial charge >= 0.3 is 0 Å². The number of rotatable bonds is 8. The second-order valence-electron chi connectivity index (χ2n) is 4.65. The molecular formula is C13H25N3O2. The van der Waals surface area contributed by atoms with Crippen molar-refractivity contribution in [2.75, 3.05) is 39.4 Å². The van der Waals surface area contributed by atoms with Crippen LogP contribution in [0.4, 0.5) is 0 Å². The highest BCUT2D eigenvalue weighted by molar-refractivity contribution is 5.77. The maximum absolute atomic E-state index is 11.6. The van der Waals surface area contributed by atoms with Crippen molar-refractivity contribution in [2.24, 2.45) is 5.73 Å². The molecule has 5 nitrogen and oxygen atoms in total. The molecule has 0 saturated carbocycles. The fourth-order valence-electron chi connectivity index (χ4n) is 1.90. The van der Waals surface area contributed by atoms with Gasteiger partial charge in [0.1, 0.15) is 0 Å². The molecule has 0 aromatic carbocycles. The highest BCUT2D eigenvalue weighted by atomic mass is 16.5. The number of ether oxygens (including phenoxy) is 1. The van der Waals surface area contributed by atoms with Gasteiger partial charge in [0, 0.05) is 25.7 Å². The Kier molecular flexibility index (Phi) is 7.64. The van der Waals surface area contributed by atoms with Gasteiger partial charge in [-0.25, -0.2) is 0 Å². The average Bonchev–Trinajstić information content (AvgIpc) is 2.36. The third-order valence-corrected chi connectivity index (χ3v) is 3.03.